The van der Waals surface area contributed by atoms with Crippen LogP contribution in [0.1, 0.15) is 10.4 Å². The quantitative estimate of drug-likeness (QED) is 0.675. The predicted octanol–water partition coefficient (Wildman–Crippen LogP) is 2.91. The van der Waals surface area contributed by atoms with Gasteiger partial charge in [-0.1, -0.05) is 6.07 Å². The van der Waals surface area contributed by atoms with Crippen LogP contribution in [0.3, 0.4) is 0 Å². The van der Waals surface area contributed by atoms with Crippen molar-refractivity contribution in [3.05, 3.63) is 78.2 Å². The number of amides is 1. The standard InChI is InChI=1S/C18H14FN3O4S/c19-13-4-7-16(8-5-13)27(24,25)22-14-6-9-17(21-11-14)26-15-3-1-2-12(10-15)18(20)23/h1-11,22H,(H2,20,23). The Kier molecular flexibility index (Phi) is 5.04. The Labute approximate surface area is 154 Å². The highest BCUT2D eigenvalue weighted by molar-refractivity contribution is 7.92. The van der Waals surface area contributed by atoms with Gasteiger partial charge in [0.1, 0.15) is 11.6 Å². The molecule has 0 bridgehead atoms. The van der Waals surface area contributed by atoms with Crippen LogP contribution >= 0.6 is 0 Å². The second-order valence-corrected chi connectivity index (χ2v) is 7.12. The Morgan fingerprint density at radius 1 is 1.07 bits per heavy atom. The minimum Gasteiger partial charge on any atom is -0.439 e. The van der Waals surface area contributed by atoms with E-state index < -0.39 is 21.7 Å². The zero-order valence-corrected chi connectivity index (χ0v) is 14.6. The van der Waals surface area contributed by atoms with Crippen LogP contribution < -0.4 is 15.2 Å². The Morgan fingerprint density at radius 3 is 2.44 bits per heavy atom. The molecule has 0 atom stereocenters. The molecule has 27 heavy (non-hydrogen) atoms. The number of nitrogens with zero attached hydrogens (tertiary/aromatic N) is 1. The van der Waals surface area contributed by atoms with Crippen molar-refractivity contribution in [2.45, 2.75) is 4.90 Å². The van der Waals surface area contributed by atoms with Crippen LogP contribution in [-0.2, 0) is 10.0 Å². The summed E-state index contributed by atoms with van der Waals surface area (Å²) in [5, 5.41) is 0. The van der Waals surface area contributed by atoms with Gasteiger partial charge in [-0.2, -0.15) is 0 Å². The molecule has 1 heterocycles. The largest absolute Gasteiger partial charge is 0.439 e. The van der Waals surface area contributed by atoms with E-state index in [9.17, 15) is 17.6 Å². The Balaban J connectivity index is 1.73. The van der Waals surface area contributed by atoms with Gasteiger partial charge >= 0.3 is 0 Å². The summed E-state index contributed by atoms with van der Waals surface area (Å²) in [4.78, 5) is 15.1. The molecule has 1 amide bonds. The molecule has 0 spiro atoms. The number of sulfonamides is 1. The number of nitrogens with one attached hydrogen (secondary N) is 1. The molecule has 138 valence electrons. The van der Waals surface area contributed by atoms with Gasteiger partial charge in [0, 0.05) is 11.6 Å². The number of rotatable bonds is 6. The number of hydrogen-bond acceptors (Lipinski definition) is 5. The Morgan fingerprint density at radius 2 is 1.81 bits per heavy atom. The number of carbonyl (C=O) groups excluding carboxylic acids is 1. The molecule has 0 saturated carbocycles. The number of hydrogen-bond donors (Lipinski definition) is 2. The third-order valence-electron chi connectivity index (χ3n) is 3.45. The van der Waals surface area contributed by atoms with Crippen LogP contribution in [0.4, 0.5) is 10.1 Å². The smallest absolute Gasteiger partial charge is 0.261 e. The van der Waals surface area contributed by atoms with Crippen molar-refractivity contribution >= 4 is 21.6 Å². The summed E-state index contributed by atoms with van der Waals surface area (Å²) in [6.45, 7) is 0. The summed E-state index contributed by atoms with van der Waals surface area (Å²) in [5.41, 5.74) is 5.71. The average molecular weight is 387 g/mol. The van der Waals surface area contributed by atoms with Crippen LogP contribution in [0.25, 0.3) is 0 Å². The summed E-state index contributed by atoms with van der Waals surface area (Å²) in [6.07, 6.45) is 1.27. The topological polar surface area (TPSA) is 111 Å². The van der Waals surface area contributed by atoms with Gasteiger partial charge in [0.2, 0.25) is 11.8 Å². The molecule has 3 N–H and O–H groups in total. The fourth-order valence-electron chi connectivity index (χ4n) is 2.16. The first-order valence-electron chi connectivity index (χ1n) is 7.66. The molecule has 0 aliphatic heterocycles. The minimum atomic E-state index is -3.87. The summed E-state index contributed by atoms with van der Waals surface area (Å²) in [7, 11) is -3.87. The lowest BCUT2D eigenvalue weighted by atomic mass is 10.2. The van der Waals surface area contributed by atoms with Crippen molar-refractivity contribution < 1.29 is 22.3 Å². The molecule has 0 aliphatic carbocycles. The van der Waals surface area contributed by atoms with Gasteiger partial charge in [0.15, 0.2) is 0 Å². The number of ether oxygens (including phenoxy) is 1. The van der Waals surface area contributed by atoms with Crippen molar-refractivity contribution in [1.29, 1.82) is 0 Å². The maximum Gasteiger partial charge on any atom is 0.261 e. The lowest BCUT2D eigenvalue weighted by molar-refractivity contribution is 0.1000. The van der Waals surface area contributed by atoms with Crippen LogP contribution in [0.2, 0.25) is 0 Å². The normalized spacial score (nSPS) is 11.0. The van der Waals surface area contributed by atoms with E-state index in [4.69, 9.17) is 10.5 Å². The molecule has 2 aromatic carbocycles. The number of pyridine rings is 1. The third kappa shape index (κ3) is 4.59. The van der Waals surface area contributed by atoms with E-state index >= 15 is 0 Å². The van der Waals surface area contributed by atoms with Crippen molar-refractivity contribution in [2.24, 2.45) is 5.73 Å². The monoisotopic (exact) mass is 387 g/mol. The van der Waals surface area contributed by atoms with E-state index in [0.29, 0.717) is 5.75 Å². The third-order valence-corrected chi connectivity index (χ3v) is 4.85. The number of halogens is 1. The van der Waals surface area contributed by atoms with E-state index in [2.05, 4.69) is 9.71 Å². The first kappa shape index (κ1) is 18.3. The van der Waals surface area contributed by atoms with Gasteiger partial charge in [-0.3, -0.25) is 9.52 Å². The van der Waals surface area contributed by atoms with Crippen LogP contribution in [0.5, 0.6) is 11.6 Å². The summed E-state index contributed by atoms with van der Waals surface area (Å²) in [6, 6.07) is 13.6. The van der Waals surface area contributed by atoms with E-state index in [1.54, 1.807) is 18.2 Å². The number of benzene rings is 2. The lowest BCUT2D eigenvalue weighted by Crippen LogP contribution is -2.13. The van der Waals surface area contributed by atoms with Crippen LogP contribution in [-0.4, -0.2) is 19.3 Å². The fraction of sp³-hybridized carbons (Fsp3) is 0. The van der Waals surface area contributed by atoms with Gasteiger partial charge < -0.3 is 10.5 Å². The molecule has 3 aromatic rings. The van der Waals surface area contributed by atoms with Gasteiger partial charge in [-0.05, 0) is 48.5 Å². The zero-order valence-electron chi connectivity index (χ0n) is 13.8. The molecule has 0 radical (unpaired) electrons. The number of primary amides is 1. The van der Waals surface area contributed by atoms with Crippen LogP contribution in [0.15, 0.2) is 71.8 Å². The molecular weight excluding hydrogens is 373 g/mol. The molecular formula is C18H14FN3O4S. The molecule has 0 aliphatic rings. The highest BCUT2D eigenvalue weighted by Crippen LogP contribution is 2.22. The van der Waals surface area contributed by atoms with Gasteiger partial charge in [-0.15, -0.1) is 0 Å². The van der Waals surface area contributed by atoms with Crippen molar-refractivity contribution in [2.75, 3.05) is 4.72 Å². The fourth-order valence-corrected chi connectivity index (χ4v) is 3.21. The molecule has 0 fully saturated rings. The maximum atomic E-state index is 12.9. The maximum absolute atomic E-state index is 12.9. The highest BCUT2D eigenvalue weighted by Gasteiger charge is 2.14. The molecule has 0 saturated heterocycles. The summed E-state index contributed by atoms with van der Waals surface area (Å²) >= 11 is 0. The van der Waals surface area contributed by atoms with Crippen LogP contribution in [0, 0.1) is 5.82 Å². The summed E-state index contributed by atoms with van der Waals surface area (Å²) < 4.78 is 45.3. The first-order chi connectivity index (χ1) is 12.8. The van der Waals surface area contributed by atoms with Gasteiger partial charge in [0.25, 0.3) is 10.0 Å². The number of anilines is 1. The van der Waals surface area contributed by atoms with Gasteiger partial charge in [0.05, 0.1) is 16.8 Å². The Hall–Kier alpha value is -3.46. The van der Waals surface area contributed by atoms with Crippen molar-refractivity contribution in [1.82, 2.24) is 4.98 Å². The first-order valence-corrected chi connectivity index (χ1v) is 9.14. The van der Waals surface area contributed by atoms with E-state index in [0.717, 1.165) is 24.3 Å². The Bertz CT molecular complexity index is 1070. The van der Waals surface area contributed by atoms with E-state index in [1.165, 1.54) is 24.4 Å². The molecule has 1 aromatic heterocycles. The van der Waals surface area contributed by atoms with E-state index in [1.807, 2.05) is 0 Å². The highest BCUT2D eigenvalue weighted by atomic mass is 32.2. The van der Waals surface area contributed by atoms with E-state index in [-0.39, 0.29) is 22.0 Å². The second kappa shape index (κ2) is 7.42. The zero-order chi connectivity index (χ0) is 19.4. The van der Waals surface area contributed by atoms with Crippen molar-refractivity contribution in [3.8, 4) is 11.6 Å². The van der Waals surface area contributed by atoms with Crippen molar-refractivity contribution in [3.63, 3.8) is 0 Å². The molecule has 3 rings (SSSR count). The number of nitrogens with two attached hydrogens (primary N) is 1. The second-order valence-electron chi connectivity index (χ2n) is 5.44. The minimum absolute atomic E-state index is 0.0764. The molecule has 7 nitrogen and oxygen atoms in total. The molecule has 9 heteroatoms. The number of carbonyl (C=O) groups is 1. The predicted molar refractivity (Wildman–Crippen MR) is 96.5 cm³/mol. The SMILES string of the molecule is NC(=O)c1cccc(Oc2ccc(NS(=O)(=O)c3ccc(F)cc3)cn2)c1. The summed E-state index contributed by atoms with van der Waals surface area (Å²) in [5.74, 6) is -0.559. The number of aromatic nitrogens is 1. The average Bonchev–Trinajstić information content (AvgIpc) is 2.64. The lowest BCUT2D eigenvalue weighted by Gasteiger charge is -2.09. The van der Waals surface area contributed by atoms with Gasteiger partial charge in [-0.25, -0.2) is 17.8 Å². The molecule has 0 unspecified atom stereocenters.